The summed E-state index contributed by atoms with van der Waals surface area (Å²) in [6, 6.07) is 5.06. The van der Waals surface area contributed by atoms with Crippen molar-refractivity contribution in [3.05, 3.63) is 23.8 Å². The Balaban J connectivity index is 1.40. The lowest BCUT2D eigenvalue weighted by molar-refractivity contribution is -0.136. The van der Waals surface area contributed by atoms with Crippen molar-refractivity contribution in [2.24, 2.45) is 0 Å². The molecule has 3 aliphatic rings. The number of carbonyl (C=O) groups is 2. The van der Waals surface area contributed by atoms with Crippen molar-refractivity contribution >= 4 is 27.5 Å². The quantitative estimate of drug-likeness (QED) is 0.698. The Hall–Kier alpha value is -1.97. The number of fused-ring (bicyclic) bond motifs is 1. The molecule has 2 saturated heterocycles. The molecular weight excluding hydrogens is 406 g/mol. The summed E-state index contributed by atoms with van der Waals surface area (Å²) in [4.78, 5) is 28.8. The number of anilines is 1. The molecule has 3 aliphatic heterocycles. The van der Waals surface area contributed by atoms with Crippen molar-refractivity contribution in [3.8, 4) is 0 Å². The molecule has 0 atom stereocenters. The summed E-state index contributed by atoms with van der Waals surface area (Å²) >= 11 is 0. The van der Waals surface area contributed by atoms with Crippen molar-refractivity contribution in [2.75, 3.05) is 50.8 Å². The number of benzene rings is 1. The van der Waals surface area contributed by atoms with Gasteiger partial charge < -0.3 is 14.5 Å². The molecule has 9 heteroatoms. The molecule has 8 nitrogen and oxygen atoms in total. The second kappa shape index (κ2) is 9.03. The zero-order valence-corrected chi connectivity index (χ0v) is 18.0. The minimum Gasteiger partial charge on any atom is -0.378 e. The molecule has 1 aromatic rings. The van der Waals surface area contributed by atoms with Crippen LogP contribution in [0.4, 0.5) is 5.69 Å². The van der Waals surface area contributed by atoms with Crippen LogP contribution in [0.1, 0.15) is 37.7 Å². The molecule has 2 amide bonds. The fourth-order valence-corrected chi connectivity index (χ4v) is 5.94. The fraction of sp³-hybridized carbons (Fsp3) is 0.619. The Labute approximate surface area is 177 Å². The van der Waals surface area contributed by atoms with Gasteiger partial charge in [-0.2, -0.15) is 4.31 Å². The number of sulfonamides is 1. The standard InChI is InChI=1S/C21H29N3O5S/c25-20(22-12-14-29-15-13-22)6-7-21(26)24-11-8-17-16-18(4-5-19(17)24)30(27,28)23-9-2-1-3-10-23/h4-5,16H,1-3,6-15H2. The Morgan fingerprint density at radius 2 is 1.60 bits per heavy atom. The molecule has 30 heavy (non-hydrogen) atoms. The fourth-order valence-electron chi connectivity index (χ4n) is 4.37. The molecule has 0 radical (unpaired) electrons. The number of hydrogen-bond acceptors (Lipinski definition) is 5. The van der Waals surface area contributed by atoms with Gasteiger partial charge in [0.1, 0.15) is 0 Å². The normalized spacial score (nSPS) is 20.3. The molecule has 0 bridgehead atoms. The summed E-state index contributed by atoms with van der Waals surface area (Å²) in [5.41, 5.74) is 1.64. The average molecular weight is 436 g/mol. The number of ether oxygens (including phenoxy) is 1. The summed E-state index contributed by atoms with van der Waals surface area (Å²) in [6.07, 6.45) is 3.84. The third-order valence-electron chi connectivity index (χ3n) is 6.12. The Kier molecular flexibility index (Phi) is 6.40. The maximum Gasteiger partial charge on any atom is 0.243 e. The molecule has 2 fully saturated rings. The van der Waals surface area contributed by atoms with Gasteiger partial charge in [-0.3, -0.25) is 9.59 Å². The number of rotatable bonds is 5. The lowest BCUT2D eigenvalue weighted by Gasteiger charge is -2.27. The van der Waals surface area contributed by atoms with Crippen LogP contribution < -0.4 is 4.90 Å². The molecule has 0 N–H and O–H groups in total. The van der Waals surface area contributed by atoms with E-state index in [4.69, 9.17) is 4.74 Å². The van der Waals surface area contributed by atoms with Crippen LogP contribution in [-0.2, 0) is 30.8 Å². The molecule has 4 rings (SSSR count). The van der Waals surface area contributed by atoms with Crippen LogP contribution in [0.5, 0.6) is 0 Å². The van der Waals surface area contributed by atoms with E-state index in [0.29, 0.717) is 57.3 Å². The summed E-state index contributed by atoms with van der Waals surface area (Å²) in [7, 11) is -3.49. The second-order valence-corrected chi connectivity index (χ2v) is 9.98. The molecule has 164 valence electrons. The maximum absolute atomic E-state index is 12.9. The molecule has 0 aromatic heterocycles. The van der Waals surface area contributed by atoms with Crippen molar-refractivity contribution in [3.63, 3.8) is 0 Å². The highest BCUT2D eigenvalue weighted by molar-refractivity contribution is 7.89. The summed E-state index contributed by atoms with van der Waals surface area (Å²) < 4.78 is 32.7. The van der Waals surface area contributed by atoms with Gasteiger partial charge in [0.25, 0.3) is 0 Å². The molecule has 0 aliphatic carbocycles. The van der Waals surface area contributed by atoms with Gasteiger partial charge in [0.05, 0.1) is 18.1 Å². The van der Waals surface area contributed by atoms with E-state index in [0.717, 1.165) is 30.5 Å². The predicted molar refractivity (Wildman–Crippen MR) is 112 cm³/mol. The van der Waals surface area contributed by atoms with Crippen LogP contribution in [0.15, 0.2) is 23.1 Å². The highest BCUT2D eigenvalue weighted by atomic mass is 32.2. The molecule has 0 unspecified atom stereocenters. The number of carbonyl (C=O) groups excluding carboxylic acids is 2. The number of nitrogens with zero attached hydrogens (tertiary/aromatic N) is 3. The van der Waals surface area contributed by atoms with E-state index in [-0.39, 0.29) is 24.7 Å². The molecule has 0 spiro atoms. The first-order valence-corrected chi connectivity index (χ1v) is 12.2. The first-order valence-electron chi connectivity index (χ1n) is 10.8. The zero-order valence-electron chi connectivity index (χ0n) is 17.2. The van der Waals surface area contributed by atoms with Crippen molar-refractivity contribution in [1.29, 1.82) is 0 Å². The van der Waals surface area contributed by atoms with Crippen molar-refractivity contribution < 1.29 is 22.7 Å². The van der Waals surface area contributed by atoms with Crippen LogP contribution in [0, 0.1) is 0 Å². The Morgan fingerprint density at radius 3 is 2.33 bits per heavy atom. The van der Waals surface area contributed by atoms with Gasteiger partial charge in [0.2, 0.25) is 21.8 Å². The van der Waals surface area contributed by atoms with Gasteiger partial charge >= 0.3 is 0 Å². The van der Waals surface area contributed by atoms with E-state index in [1.807, 2.05) is 0 Å². The summed E-state index contributed by atoms with van der Waals surface area (Å²) in [5, 5.41) is 0. The van der Waals surface area contributed by atoms with Gasteiger partial charge in [-0.15, -0.1) is 0 Å². The summed E-state index contributed by atoms with van der Waals surface area (Å²) in [6.45, 7) is 3.90. The average Bonchev–Trinajstić information content (AvgIpc) is 3.22. The molecule has 3 heterocycles. The lowest BCUT2D eigenvalue weighted by atomic mass is 10.2. The number of hydrogen-bond donors (Lipinski definition) is 0. The van der Waals surface area contributed by atoms with Crippen molar-refractivity contribution in [2.45, 2.75) is 43.4 Å². The molecule has 0 saturated carbocycles. The van der Waals surface area contributed by atoms with Gasteiger partial charge in [-0.25, -0.2) is 8.42 Å². The van der Waals surface area contributed by atoms with Gasteiger partial charge in [-0.1, -0.05) is 6.42 Å². The minimum absolute atomic E-state index is 0.0194. The van der Waals surface area contributed by atoms with Crippen LogP contribution in [0.3, 0.4) is 0 Å². The van der Waals surface area contributed by atoms with Gasteiger partial charge in [0, 0.05) is 51.3 Å². The predicted octanol–water partition coefficient (Wildman–Crippen LogP) is 1.39. The van der Waals surface area contributed by atoms with Crippen LogP contribution in [0.2, 0.25) is 0 Å². The SMILES string of the molecule is O=C(CCC(=O)N1CCc2cc(S(=O)(=O)N3CCCCC3)ccc21)N1CCOCC1. The number of piperidine rings is 1. The topological polar surface area (TPSA) is 87.2 Å². The number of amides is 2. The third kappa shape index (κ3) is 4.38. The third-order valence-corrected chi connectivity index (χ3v) is 8.01. The van der Waals surface area contributed by atoms with E-state index in [9.17, 15) is 18.0 Å². The van der Waals surface area contributed by atoms with Gasteiger partial charge in [-0.05, 0) is 43.0 Å². The second-order valence-electron chi connectivity index (χ2n) is 8.04. The van der Waals surface area contributed by atoms with E-state index >= 15 is 0 Å². The zero-order chi connectivity index (χ0) is 21.1. The maximum atomic E-state index is 12.9. The Morgan fingerprint density at radius 1 is 0.900 bits per heavy atom. The minimum atomic E-state index is -3.49. The highest BCUT2D eigenvalue weighted by Gasteiger charge is 2.30. The lowest BCUT2D eigenvalue weighted by Crippen LogP contribution is -2.41. The summed E-state index contributed by atoms with van der Waals surface area (Å²) in [5.74, 6) is -0.115. The van der Waals surface area contributed by atoms with E-state index in [1.165, 1.54) is 0 Å². The van der Waals surface area contributed by atoms with E-state index < -0.39 is 10.0 Å². The molecule has 1 aromatic carbocycles. The Bertz CT molecular complexity index is 905. The molecular formula is C21H29N3O5S. The highest BCUT2D eigenvalue weighted by Crippen LogP contribution is 2.32. The van der Waals surface area contributed by atoms with Crippen LogP contribution >= 0.6 is 0 Å². The van der Waals surface area contributed by atoms with E-state index in [2.05, 4.69) is 0 Å². The van der Waals surface area contributed by atoms with Crippen LogP contribution in [0.25, 0.3) is 0 Å². The number of morpholine rings is 1. The van der Waals surface area contributed by atoms with Crippen LogP contribution in [-0.4, -0.2) is 75.4 Å². The monoisotopic (exact) mass is 435 g/mol. The van der Waals surface area contributed by atoms with Gasteiger partial charge in [0.15, 0.2) is 0 Å². The first kappa shape index (κ1) is 21.3. The largest absolute Gasteiger partial charge is 0.378 e. The van der Waals surface area contributed by atoms with Crippen molar-refractivity contribution in [1.82, 2.24) is 9.21 Å². The first-order chi connectivity index (χ1) is 14.5. The smallest absolute Gasteiger partial charge is 0.243 e. The van der Waals surface area contributed by atoms with E-state index in [1.54, 1.807) is 32.3 Å².